The molecule has 1 fully saturated rings. The molecule has 1 aliphatic heterocycles. The van der Waals surface area contributed by atoms with Crippen LogP contribution in [0.1, 0.15) is 59.8 Å². The zero-order chi connectivity index (χ0) is 11.3. The first-order chi connectivity index (χ1) is 7.09. The number of nitrogens with zero attached hydrogens (tertiary/aromatic N) is 1. The summed E-state index contributed by atoms with van der Waals surface area (Å²) in [6.07, 6.45) is 7.23. The molecule has 1 aliphatic rings. The first-order valence-electron chi connectivity index (χ1n) is 6.83. The minimum absolute atomic E-state index is 0.751. The SMILES string of the molecule is CC(C)CCCC1CCN(C(C)C)CC1. The number of likely N-dealkylation sites (tertiary alicyclic amines) is 1. The molecular weight excluding hydrogens is 182 g/mol. The van der Waals surface area contributed by atoms with Crippen LogP contribution in [-0.4, -0.2) is 24.0 Å². The summed E-state index contributed by atoms with van der Waals surface area (Å²) in [4.78, 5) is 2.62. The molecule has 0 aliphatic carbocycles. The maximum absolute atomic E-state index is 2.62. The van der Waals surface area contributed by atoms with Gasteiger partial charge in [-0.25, -0.2) is 0 Å². The molecule has 1 saturated heterocycles. The minimum Gasteiger partial charge on any atom is -0.301 e. The molecule has 1 heterocycles. The van der Waals surface area contributed by atoms with E-state index in [4.69, 9.17) is 0 Å². The van der Waals surface area contributed by atoms with Gasteiger partial charge in [0.2, 0.25) is 0 Å². The van der Waals surface area contributed by atoms with Crippen LogP contribution in [0.3, 0.4) is 0 Å². The second kappa shape index (κ2) is 6.52. The maximum Gasteiger partial charge on any atom is 0.00385 e. The lowest BCUT2D eigenvalue weighted by atomic mass is 9.90. The summed E-state index contributed by atoms with van der Waals surface area (Å²) < 4.78 is 0. The molecule has 0 saturated carbocycles. The van der Waals surface area contributed by atoms with Gasteiger partial charge < -0.3 is 4.90 Å². The summed E-state index contributed by atoms with van der Waals surface area (Å²) in [5.74, 6) is 1.92. The van der Waals surface area contributed by atoms with Crippen LogP contribution < -0.4 is 0 Å². The highest BCUT2D eigenvalue weighted by molar-refractivity contribution is 4.74. The number of piperidine rings is 1. The summed E-state index contributed by atoms with van der Waals surface area (Å²) in [5, 5.41) is 0. The standard InChI is InChI=1S/C14H29N/c1-12(2)6-5-7-14-8-10-15(11-9-14)13(3)4/h12-14H,5-11H2,1-4H3. The van der Waals surface area contributed by atoms with Crippen molar-refractivity contribution >= 4 is 0 Å². The third kappa shape index (κ3) is 5.01. The fourth-order valence-corrected chi connectivity index (χ4v) is 2.57. The van der Waals surface area contributed by atoms with Gasteiger partial charge in [0.1, 0.15) is 0 Å². The first kappa shape index (κ1) is 13.0. The summed E-state index contributed by atoms with van der Waals surface area (Å²) in [5.41, 5.74) is 0. The average molecular weight is 211 g/mol. The van der Waals surface area contributed by atoms with Crippen LogP contribution in [0, 0.1) is 11.8 Å². The molecule has 15 heavy (non-hydrogen) atoms. The highest BCUT2D eigenvalue weighted by atomic mass is 15.1. The van der Waals surface area contributed by atoms with Crippen molar-refractivity contribution in [3.63, 3.8) is 0 Å². The minimum atomic E-state index is 0.751. The Balaban J connectivity index is 2.09. The van der Waals surface area contributed by atoms with E-state index >= 15 is 0 Å². The monoisotopic (exact) mass is 211 g/mol. The van der Waals surface area contributed by atoms with E-state index in [0.29, 0.717) is 0 Å². The summed E-state index contributed by atoms with van der Waals surface area (Å²) in [6.45, 7) is 12.0. The van der Waals surface area contributed by atoms with Crippen LogP contribution in [0.25, 0.3) is 0 Å². The lowest BCUT2D eigenvalue weighted by Gasteiger charge is -2.34. The van der Waals surface area contributed by atoms with Crippen molar-refractivity contribution < 1.29 is 0 Å². The molecule has 0 spiro atoms. The van der Waals surface area contributed by atoms with Crippen LogP contribution in [-0.2, 0) is 0 Å². The van der Waals surface area contributed by atoms with Gasteiger partial charge in [-0.3, -0.25) is 0 Å². The molecule has 0 aromatic carbocycles. The molecule has 90 valence electrons. The molecule has 0 aromatic rings. The Kier molecular flexibility index (Phi) is 5.66. The van der Waals surface area contributed by atoms with E-state index in [-0.39, 0.29) is 0 Å². The van der Waals surface area contributed by atoms with Crippen molar-refractivity contribution in [1.29, 1.82) is 0 Å². The van der Waals surface area contributed by atoms with E-state index in [2.05, 4.69) is 32.6 Å². The maximum atomic E-state index is 2.62. The Morgan fingerprint density at radius 3 is 2.13 bits per heavy atom. The fraction of sp³-hybridized carbons (Fsp3) is 1.00. The summed E-state index contributed by atoms with van der Waals surface area (Å²) in [6, 6.07) is 0.751. The summed E-state index contributed by atoms with van der Waals surface area (Å²) >= 11 is 0. The number of hydrogen-bond acceptors (Lipinski definition) is 1. The predicted octanol–water partition coefficient (Wildman–Crippen LogP) is 3.93. The van der Waals surface area contributed by atoms with E-state index < -0.39 is 0 Å². The largest absolute Gasteiger partial charge is 0.301 e. The van der Waals surface area contributed by atoms with Crippen molar-refractivity contribution in [2.24, 2.45) is 11.8 Å². The average Bonchev–Trinajstić information content (AvgIpc) is 2.18. The molecule has 0 unspecified atom stereocenters. The third-order valence-corrected chi connectivity index (χ3v) is 3.77. The molecule has 0 amide bonds. The van der Waals surface area contributed by atoms with Gasteiger partial charge in [0.25, 0.3) is 0 Å². The topological polar surface area (TPSA) is 3.24 Å². The Bertz CT molecular complexity index is 152. The molecule has 0 atom stereocenters. The smallest absolute Gasteiger partial charge is 0.00385 e. The van der Waals surface area contributed by atoms with Gasteiger partial charge in [0.05, 0.1) is 0 Å². The predicted molar refractivity (Wildman–Crippen MR) is 68.1 cm³/mol. The van der Waals surface area contributed by atoms with Crippen molar-refractivity contribution in [3.05, 3.63) is 0 Å². The van der Waals surface area contributed by atoms with Crippen molar-refractivity contribution in [2.75, 3.05) is 13.1 Å². The van der Waals surface area contributed by atoms with Gasteiger partial charge >= 0.3 is 0 Å². The molecule has 1 heteroatoms. The van der Waals surface area contributed by atoms with Crippen molar-refractivity contribution in [2.45, 2.75) is 65.8 Å². The van der Waals surface area contributed by atoms with Crippen LogP contribution in [0.4, 0.5) is 0 Å². The van der Waals surface area contributed by atoms with E-state index in [1.807, 2.05) is 0 Å². The van der Waals surface area contributed by atoms with E-state index in [1.165, 1.54) is 45.2 Å². The second-order valence-corrected chi connectivity index (χ2v) is 5.90. The third-order valence-electron chi connectivity index (χ3n) is 3.77. The molecular formula is C14H29N. The Hall–Kier alpha value is -0.0400. The normalized spacial score (nSPS) is 20.4. The molecule has 1 nitrogen and oxygen atoms in total. The van der Waals surface area contributed by atoms with Gasteiger partial charge in [0, 0.05) is 6.04 Å². The van der Waals surface area contributed by atoms with E-state index in [9.17, 15) is 0 Å². The summed E-state index contributed by atoms with van der Waals surface area (Å²) in [7, 11) is 0. The first-order valence-corrected chi connectivity index (χ1v) is 6.83. The Morgan fingerprint density at radius 1 is 1.07 bits per heavy atom. The van der Waals surface area contributed by atoms with Crippen molar-refractivity contribution in [3.8, 4) is 0 Å². The van der Waals surface area contributed by atoms with Gasteiger partial charge in [-0.2, -0.15) is 0 Å². The van der Waals surface area contributed by atoms with Gasteiger partial charge in [0.15, 0.2) is 0 Å². The quantitative estimate of drug-likeness (QED) is 0.666. The van der Waals surface area contributed by atoms with Gasteiger partial charge in [-0.15, -0.1) is 0 Å². The van der Waals surface area contributed by atoms with E-state index in [1.54, 1.807) is 0 Å². The molecule has 0 aromatic heterocycles. The molecule has 0 N–H and O–H groups in total. The van der Waals surface area contributed by atoms with Crippen LogP contribution in [0.15, 0.2) is 0 Å². The lowest BCUT2D eigenvalue weighted by Crippen LogP contribution is -2.38. The highest BCUT2D eigenvalue weighted by Crippen LogP contribution is 2.24. The zero-order valence-corrected chi connectivity index (χ0v) is 11.1. The van der Waals surface area contributed by atoms with Gasteiger partial charge in [-0.1, -0.05) is 33.1 Å². The molecule has 1 rings (SSSR count). The Labute approximate surface area is 96.2 Å². The van der Waals surface area contributed by atoms with Crippen LogP contribution >= 0.6 is 0 Å². The van der Waals surface area contributed by atoms with Crippen LogP contribution in [0.2, 0.25) is 0 Å². The molecule has 0 radical (unpaired) electrons. The van der Waals surface area contributed by atoms with Crippen LogP contribution in [0.5, 0.6) is 0 Å². The van der Waals surface area contributed by atoms with Crippen molar-refractivity contribution in [1.82, 2.24) is 4.90 Å². The number of rotatable bonds is 5. The Morgan fingerprint density at radius 2 is 1.67 bits per heavy atom. The van der Waals surface area contributed by atoms with Gasteiger partial charge in [-0.05, 0) is 51.6 Å². The number of hydrogen-bond donors (Lipinski definition) is 0. The lowest BCUT2D eigenvalue weighted by molar-refractivity contribution is 0.144. The zero-order valence-electron chi connectivity index (χ0n) is 11.1. The fourth-order valence-electron chi connectivity index (χ4n) is 2.57. The highest BCUT2D eigenvalue weighted by Gasteiger charge is 2.20. The second-order valence-electron chi connectivity index (χ2n) is 5.90. The van der Waals surface area contributed by atoms with E-state index in [0.717, 1.165) is 17.9 Å². The molecule has 0 bridgehead atoms.